The molecule has 0 N–H and O–H groups in total. The van der Waals surface area contributed by atoms with Crippen molar-refractivity contribution in [2.75, 3.05) is 0 Å². The molecule has 28 rings (SSSR count). The Labute approximate surface area is 796 Å². The Morgan fingerprint density at radius 2 is 0.319 bits per heavy atom. The molecule has 0 amide bonds. The third-order valence-electron chi connectivity index (χ3n) is 28.5. The lowest BCUT2D eigenvalue weighted by molar-refractivity contribution is 0.619. The van der Waals surface area contributed by atoms with E-state index in [1.165, 1.54) is 229 Å². The molecule has 2 heterocycles. The zero-order chi connectivity index (χ0) is 90.8. The molecule has 0 radical (unpaired) electrons. The van der Waals surface area contributed by atoms with E-state index in [1.54, 1.807) is 0 Å². The molecule has 0 spiro atoms. The summed E-state index contributed by atoms with van der Waals surface area (Å²) in [6.07, 6.45) is 0. The Hall–Kier alpha value is -18.2. The van der Waals surface area contributed by atoms with E-state index in [0.717, 1.165) is 44.5 Å². The van der Waals surface area contributed by atoms with Crippen LogP contribution in [0.4, 0.5) is 0 Å². The minimum Gasteiger partial charge on any atom is -0.436 e. The summed E-state index contributed by atoms with van der Waals surface area (Å²) >= 11 is 0. The maximum absolute atomic E-state index is 6.15. The Morgan fingerprint density at radius 1 is 0.116 bits per heavy atom. The zero-order valence-corrected chi connectivity index (χ0v) is 75.1. The van der Waals surface area contributed by atoms with Gasteiger partial charge in [-0.3, -0.25) is 0 Å². The third-order valence-corrected chi connectivity index (χ3v) is 28.5. The maximum atomic E-state index is 6.15. The summed E-state index contributed by atoms with van der Waals surface area (Å²) in [5, 5.41) is 29.6. The molecule has 0 fully saturated rings. The fourth-order valence-electron chi connectivity index (χ4n) is 22.1. The second-order valence-corrected chi connectivity index (χ2v) is 36.3. The highest BCUT2D eigenvalue weighted by Crippen LogP contribution is 2.52. The van der Waals surface area contributed by atoms with E-state index in [9.17, 15) is 0 Å². The second kappa shape index (κ2) is 32.9. The van der Waals surface area contributed by atoms with E-state index < -0.39 is 0 Å². The topological polar surface area (TPSA) is 52.1 Å². The number of oxazole rings is 2. The van der Waals surface area contributed by atoms with Crippen LogP contribution >= 0.6 is 0 Å². The lowest BCUT2D eigenvalue weighted by atomic mass is 9.83. The van der Waals surface area contributed by atoms with Gasteiger partial charge in [0.25, 0.3) is 0 Å². The average Bonchev–Trinajstić information content (AvgIpc) is 0.786. The summed E-state index contributed by atoms with van der Waals surface area (Å²) in [6.45, 7) is 0. The van der Waals surface area contributed by atoms with Gasteiger partial charge in [0, 0.05) is 11.1 Å². The van der Waals surface area contributed by atoms with Crippen LogP contribution in [0.15, 0.2) is 506 Å². The molecule has 4 heteroatoms. The molecule has 0 bridgehead atoms. The van der Waals surface area contributed by atoms with E-state index in [2.05, 4.69) is 449 Å². The Morgan fingerprint density at radius 3 is 0.623 bits per heavy atom. The van der Waals surface area contributed by atoms with E-state index in [4.69, 9.17) is 18.8 Å². The third kappa shape index (κ3) is 13.6. The van der Waals surface area contributed by atoms with Crippen molar-refractivity contribution < 1.29 is 8.83 Å². The van der Waals surface area contributed by atoms with E-state index in [1.807, 2.05) is 48.5 Å². The summed E-state index contributed by atoms with van der Waals surface area (Å²) in [4.78, 5) is 9.53. The molecule has 0 saturated heterocycles. The van der Waals surface area contributed by atoms with Crippen molar-refractivity contribution in [1.82, 2.24) is 9.97 Å². The van der Waals surface area contributed by atoms with Crippen LogP contribution in [0.5, 0.6) is 0 Å². The van der Waals surface area contributed by atoms with Gasteiger partial charge in [-0.05, 0) is 332 Å². The first-order valence-electron chi connectivity index (χ1n) is 47.4. The molecule has 28 aromatic rings. The normalized spacial score (nSPS) is 11.8. The predicted molar refractivity (Wildman–Crippen MR) is 583 cm³/mol. The number of nitrogens with zero attached hydrogens (tertiary/aromatic N) is 2. The number of para-hydroxylation sites is 4. The lowest BCUT2D eigenvalue weighted by Gasteiger charge is -2.20. The van der Waals surface area contributed by atoms with Crippen LogP contribution in [-0.4, -0.2) is 9.97 Å². The average molecular weight is 1750 g/mol. The zero-order valence-electron chi connectivity index (χ0n) is 75.1. The molecule has 26 aromatic carbocycles. The number of aromatic nitrogens is 2. The van der Waals surface area contributed by atoms with E-state index in [0.29, 0.717) is 11.8 Å². The predicted octanol–water partition coefficient (Wildman–Crippen LogP) is 37.5. The van der Waals surface area contributed by atoms with Gasteiger partial charge >= 0.3 is 0 Å². The van der Waals surface area contributed by atoms with Crippen molar-refractivity contribution in [3.05, 3.63) is 497 Å². The van der Waals surface area contributed by atoms with Crippen molar-refractivity contribution in [2.45, 2.75) is 0 Å². The highest BCUT2D eigenvalue weighted by Gasteiger charge is 2.26. The number of hydrogen-bond acceptors (Lipinski definition) is 4. The van der Waals surface area contributed by atoms with E-state index >= 15 is 0 Å². The molecule has 0 aliphatic heterocycles. The number of fused-ring (bicyclic) bond motifs is 14. The highest BCUT2D eigenvalue weighted by atomic mass is 16.4. The first-order chi connectivity index (χ1) is 68.4. The van der Waals surface area contributed by atoms with Crippen LogP contribution in [0, 0.1) is 0 Å². The van der Waals surface area contributed by atoms with E-state index in [-0.39, 0.29) is 0 Å². The van der Waals surface area contributed by atoms with Gasteiger partial charge in [0.15, 0.2) is 11.2 Å². The Bertz CT molecular complexity index is 9670. The molecule has 0 unspecified atom stereocenters. The Balaban J connectivity index is 0.000000139. The van der Waals surface area contributed by atoms with Crippen LogP contribution in [0.3, 0.4) is 0 Å². The van der Waals surface area contributed by atoms with Gasteiger partial charge in [-0.25, -0.2) is 9.97 Å². The van der Waals surface area contributed by atoms with Crippen molar-refractivity contribution in [2.24, 2.45) is 0 Å². The number of benzene rings is 26. The molecule has 640 valence electrons. The van der Waals surface area contributed by atoms with Crippen LogP contribution in [0.2, 0.25) is 0 Å². The quantitative estimate of drug-likeness (QED) is 0.114. The fourth-order valence-corrected chi connectivity index (χ4v) is 22.1. The summed E-state index contributed by atoms with van der Waals surface area (Å²) in [5.74, 6) is 1.26. The molecule has 0 aliphatic carbocycles. The number of rotatable bonds is 12. The van der Waals surface area contributed by atoms with Crippen molar-refractivity contribution in [3.8, 4) is 134 Å². The maximum Gasteiger partial charge on any atom is 0.227 e. The van der Waals surface area contributed by atoms with Crippen molar-refractivity contribution >= 4 is 151 Å². The van der Waals surface area contributed by atoms with Crippen LogP contribution in [0.1, 0.15) is 0 Å². The minimum absolute atomic E-state index is 0.628. The van der Waals surface area contributed by atoms with Crippen LogP contribution < -0.4 is 0 Å². The largest absolute Gasteiger partial charge is 0.436 e. The molecule has 2 aromatic heterocycles. The molecule has 0 aliphatic rings. The van der Waals surface area contributed by atoms with Gasteiger partial charge in [0.2, 0.25) is 11.8 Å². The van der Waals surface area contributed by atoms with Gasteiger partial charge < -0.3 is 8.83 Å². The summed E-state index contributed by atoms with van der Waals surface area (Å²) < 4.78 is 12.3. The Kier molecular flexibility index (Phi) is 19.0. The van der Waals surface area contributed by atoms with Gasteiger partial charge in [-0.2, -0.15) is 0 Å². The first kappa shape index (κ1) is 79.5. The smallest absolute Gasteiger partial charge is 0.227 e. The van der Waals surface area contributed by atoms with Gasteiger partial charge in [0.1, 0.15) is 11.0 Å². The van der Waals surface area contributed by atoms with Crippen LogP contribution in [0.25, 0.3) is 286 Å². The molecule has 0 atom stereocenters. The SMILES string of the molecule is c1cc(-c2ccc3c(-c4ccc5ccccc5c4)c4ccccc4c(-c4ccc5ccccc5c4)c3c2)cc(-c2c3ccccc3c(-c3ccc(-c4nc5ccccc5o4)cc3)c3ccccc23)c1.c1ccc2cc(-c3c4ccccc4c(-c4ccc5ccccc5c4)c4cc(-c5ccc(-c6c7ccccc7c(-c7ccc(-c8nc9ccccc9o8)cc7)c7ccccc67)cc5)ccc34)ccc2c1. The fraction of sp³-hybridized carbons (Fsp3) is 0. The van der Waals surface area contributed by atoms with Gasteiger partial charge in [-0.1, -0.05) is 406 Å². The highest BCUT2D eigenvalue weighted by molar-refractivity contribution is 6.27. The van der Waals surface area contributed by atoms with Crippen molar-refractivity contribution in [3.63, 3.8) is 0 Å². The molecule has 0 saturated carbocycles. The summed E-state index contributed by atoms with van der Waals surface area (Å²) in [7, 11) is 0. The lowest BCUT2D eigenvalue weighted by Crippen LogP contribution is -1.93. The van der Waals surface area contributed by atoms with Gasteiger partial charge in [-0.15, -0.1) is 0 Å². The summed E-state index contributed by atoms with van der Waals surface area (Å²) in [5.41, 5.74) is 29.4. The molecule has 4 nitrogen and oxygen atoms in total. The molecular formula is C134H82N2O2. The van der Waals surface area contributed by atoms with Crippen molar-refractivity contribution in [1.29, 1.82) is 0 Å². The molecular weight excluding hydrogens is 1670 g/mol. The monoisotopic (exact) mass is 1750 g/mol. The minimum atomic E-state index is 0.628. The first-order valence-corrected chi connectivity index (χ1v) is 47.4. The summed E-state index contributed by atoms with van der Waals surface area (Å²) in [6, 6.07) is 182. The second-order valence-electron chi connectivity index (χ2n) is 36.3. The number of hydrogen-bond donors (Lipinski definition) is 0. The standard InChI is InChI=1S/2C67H41NO/c1-3-16-46-38-51(34-28-42(46)14-1)65-57-24-9-10-25-58(57)66(52-35-29-43-15-2-4-17-47(43)39-52)60-41-49(36-37-59(60)65)48-18-13-19-50(40-48)64-55-22-7-5-20-53(55)63(54-21-6-8-23-56(54)64)44-30-32-45(33-31-44)67-68-61-26-11-12-27-62(61)69-67;1-3-15-48-39-51(35-27-42(48)13-1)65-57-21-9-10-22-58(57)66(52-36-28-43-14-2-4-16-49(43)40-52)60-41-50(37-38-59(60)65)44-25-29-45(30-26-44)63-53-17-5-7-19-55(53)64(56-20-8-6-18-54(56)63)46-31-33-47(34-32-46)67-68-61-23-11-12-24-62(61)69-67/h2*1-41H. The van der Waals surface area contributed by atoms with Crippen LogP contribution in [-0.2, 0) is 0 Å². The van der Waals surface area contributed by atoms with Gasteiger partial charge in [0.05, 0.1) is 0 Å². The molecule has 138 heavy (non-hydrogen) atoms.